The third-order valence-electron chi connectivity index (χ3n) is 2.68. The molecule has 52 valence electrons. The van der Waals surface area contributed by atoms with Gasteiger partial charge in [0.05, 0.1) is 0 Å². The van der Waals surface area contributed by atoms with E-state index in [0.717, 1.165) is 12.8 Å². The van der Waals surface area contributed by atoms with Crippen LogP contribution in [-0.2, 0) is 0 Å². The lowest BCUT2D eigenvalue weighted by Crippen LogP contribution is -2.04. The largest absolute Gasteiger partial charge is 0.254 e. The molecule has 0 saturated heterocycles. The number of alkyl halides is 2. The molecule has 2 fully saturated rings. The summed E-state index contributed by atoms with van der Waals surface area (Å²) in [6.07, 6.45) is 1.52. The Hall–Kier alpha value is -0.140. The Bertz CT molecular complexity index is 128. The third kappa shape index (κ3) is 0.565. The van der Waals surface area contributed by atoms with Crippen LogP contribution < -0.4 is 0 Å². The van der Waals surface area contributed by atoms with E-state index in [2.05, 4.69) is 6.92 Å². The Balaban J connectivity index is 2.06. The van der Waals surface area contributed by atoms with Crippen molar-refractivity contribution in [1.82, 2.24) is 0 Å². The van der Waals surface area contributed by atoms with Crippen LogP contribution in [0.1, 0.15) is 19.8 Å². The molecule has 2 aliphatic rings. The molecule has 9 heavy (non-hydrogen) atoms. The van der Waals surface area contributed by atoms with Gasteiger partial charge in [0.2, 0.25) is 0 Å². The van der Waals surface area contributed by atoms with Gasteiger partial charge >= 0.3 is 0 Å². The topological polar surface area (TPSA) is 0 Å². The van der Waals surface area contributed by atoms with Gasteiger partial charge in [0.15, 0.2) is 0 Å². The minimum atomic E-state index is -2.26. The van der Waals surface area contributed by atoms with Gasteiger partial charge in [-0.05, 0) is 18.8 Å². The zero-order valence-electron chi connectivity index (χ0n) is 5.40. The summed E-state index contributed by atoms with van der Waals surface area (Å²) < 4.78 is 24.8. The summed E-state index contributed by atoms with van der Waals surface area (Å²) in [5, 5.41) is 0. The average Bonchev–Trinajstić information content (AvgIpc) is 2.27. The fourth-order valence-corrected chi connectivity index (χ4v) is 2.07. The first-order valence-electron chi connectivity index (χ1n) is 3.50. The SMILES string of the molecule is C[C@H]1C[C@@H]2[C@H](C1)C2(F)F. The van der Waals surface area contributed by atoms with Crippen LogP contribution in [0.3, 0.4) is 0 Å². The van der Waals surface area contributed by atoms with Crippen molar-refractivity contribution < 1.29 is 8.78 Å². The lowest BCUT2D eigenvalue weighted by Gasteiger charge is -2.05. The van der Waals surface area contributed by atoms with Gasteiger partial charge in [0, 0.05) is 11.8 Å². The molecule has 3 atom stereocenters. The first kappa shape index (κ1) is 5.63. The van der Waals surface area contributed by atoms with E-state index >= 15 is 0 Å². The molecule has 0 aromatic rings. The molecule has 2 rings (SSSR count). The second kappa shape index (κ2) is 1.30. The summed E-state index contributed by atoms with van der Waals surface area (Å²) in [5.74, 6) is -2.16. The summed E-state index contributed by atoms with van der Waals surface area (Å²) in [4.78, 5) is 0. The Morgan fingerprint density at radius 2 is 1.67 bits per heavy atom. The third-order valence-corrected chi connectivity index (χ3v) is 2.68. The monoisotopic (exact) mass is 132 g/mol. The fraction of sp³-hybridized carbons (Fsp3) is 1.00. The van der Waals surface area contributed by atoms with Crippen LogP contribution in [0, 0.1) is 17.8 Å². The molecule has 0 N–H and O–H groups in total. The van der Waals surface area contributed by atoms with E-state index in [1.807, 2.05) is 0 Å². The smallest absolute Gasteiger partial charge is 0.206 e. The standard InChI is InChI=1S/C7H10F2/c1-4-2-5-6(3-4)7(5,8)9/h4-6H,2-3H2,1H3/t4-,5+,6-. The van der Waals surface area contributed by atoms with E-state index in [-0.39, 0.29) is 11.8 Å². The van der Waals surface area contributed by atoms with Gasteiger partial charge < -0.3 is 0 Å². The molecule has 0 unspecified atom stereocenters. The van der Waals surface area contributed by atoms with Gasteiger partial charge in [-0.15, -0.1) is 0 Å². The Labute approximate surface area is 53.2 Å². The molecule has 0 nitrogen and oxygen atoms in total. The van der Waals surface area contributed by atoms with Crippen LogP contribution in [0.5, 0.6) is 0 Å². The molecular formula is C7H10F2. The second-order valence-corrected chi connectivity index (χ2v) is 3.46. The van der Waals surface area contributed by atoms with E-state index in [4.69, 9.17) is 0 Å². The van der Waals surface area contributed by atoms with Crippen LogP contribution in [-0.4, -0.2) is 5.92 Å². The first-order valence-corrected chi connectivity index (χ1v) is 3.50. The lowest BCUT2D eigenvalue weighted by molar-refractivity contribution is 0.0654. The van der Waals surface area contributed by atoms with Crippen molar-refractivity contribution in [3.05, 3.63) is 0 Å². The van der Waals surface area contributed by atoms with Crippen LogP contribution in [0.4, 0.5) is 8.78 Å². The molecular weight excluding hydrogens is 122 g/mol. The van der Waals surface area contributed by atoms with E-state index in [1.165, 1.54) is 0 Å². The van der Waals surface area contributed by atoms with Crippen molar-refractivity contribution >= 4 is 0 Å². The van der Waals surface area contributed by atoms with Crippen molar-refractivity contribution in [2.75, 3.05) is 0 Å². The molecule has 2 aliphatic carbocycles. The molecule has 2 heteroatoms. The normalized spacial score (nSPS) is 53.0. The molecule has 0 amide bonds. The van der Waals surface area contributed by atoms with E-state index in [0.29, 0.717) is 5.92 Å². The zero-order valence-corrected chi connectivity index (χ0v) is 5.40. The molecule has 0 aromatic heterocycles. The molecule has 0 heterocycles. The molecule has 0 bridgehead atoms. The van der Waals surface area contributed by atoms with Crippen LogP contribution in [0.15, 0.2) is 0 Å². The van der Waals surface area contributed by atoms with Crippen LogP contribution >= 0.6 is 0 Å². The Kier molecular flexibility index (Phi) is 0.814. The average molecular weight is 132 g/mol. The maximum absolute atomic E-state index is 12.4. The summed E-state index contributed by atoms with van der Waals surface area (Å²) in [6.45, 7) is 2.06. The van der Waals surface area contributed by atoms with Crippen molar-refractivity contribution in [3.63, 3.8) is 0 Å². The number of hydrogen-bond donors (Lipinski definition) is 0. The number of halogens is 2. The molecule has 0 aromatic carbocycles. The molecule has 0 radical (unpaired) electrons. The van der Waals surface area contributed by atoms with Gasteiger partial charge in [-0.25, -0.2) is 8.78 Å². The summed E-state index contributed by atoms with van der Waals surface area (Å²) >= 11 is 0. The quantitative estimate of drug-likeness (QED) is 0.474. The van der Waals surface area contributed by atoms with Gasteiger partial charge in [0.25, 0.3) is 5.92 Å². The molecule has 0 spiro atoms. The minimum absolute atomic E-state index is 0.229. The van der Waals surface area contributed by atoms with E-state index < -0.39 is 5.92 Å². The maximum atomic E-state index is 12.4. The zero-order chi connectivity index (χ0) is 6.65. The minimum Gasteiger partial charge on any atom is -0.206 e. The van der Waals surface area contributed by atoms with Crippen molar-refractivity contribution in [2.45, 2.75) is 25.7 Å². The maximum Gasteiger partial charge on any atom is 0.254 e. The van der Waals surface area contributed by atoms with Gasteiger partial charge in [-0.1, -0.05) is 6.92 Å². The second-order valence-electron chi connectivity index (χ2n) is 3.46. The number of fused-ring (bicyclic) bond motifs is 1. The van der Waals surface area contributed by atoms with Gasteiger partial charge in [0.1, 0.15) is 0 Å². The highest BCUT2D eigenvalue weighted by Gasteiger charge is 2.70. The van der Waals surface area contributed by atoms with Crippen LogP contribution in [0.25, 0.3) is 0 Å². The summed E-state index contributed by atoms with van der Waals surface area (Å²) in [5.41, 5.74) is 0. The number of rotatable bonds is 0. The van der Waals surface area contributed by atoms with E-state index in [1.54, 1.807) is 0 Å². The lowest BCUT2D eigenvalue weighted by atomic mass is 10.1. The Morgan fingerprint density at radius 3 is 2.00 bits per heavy atom. The highest BCUT2D eigenvalue weighted by Crippen LogP contribution is 2.65. The van der Waals surface area contributed by atoms with Crippen LogP contribution in [0.2, 0.25) is 0 Å². The number of hydrogen-bond acceptors (Lipinski definition) is 0. The Morgan fingerprint density at radius 1 is 1.22 bits per heavy atom. The van der Waals surface area contributed by atoms with E-state index in [9.17, 15) is 8.78 Å². The molecule has 2 saturated carbocycles. The van der Waals surface area contributed by atoms with Gasteiger partial charge in [-0.2, -0.15) is 0 Å². The van der Waals surface area contributed by atoms with Crippen molar-refractivity contribution in [1.29, 1.82) is 0 Å². The van der Waals surface area contributed by atoms with Gasteiger partial charge in [-0.3, -0.25) is 0 Å². The van der Waals surface area contributed by atoms with Crippen molar-refractivity contribution in [3.8, 4) is 0 Å². The molecule has 0 aliphatic heterocycles. The fourth-order valence-electron chi connectivity index (χ4n) is 2.07. The first-order chi connectivity index (χ1) is 4.12. The summed E-state index contributed by atoms with van der Waals surface area (Å²) in [7, 11) is 0. The highest BCUT2D eigenvalue weighted by molar-refractivity contribution is 5.10. The predicted octanol–water partition coefficient (Wildman–Crippen LogP) is 2.30. The highest BCUT2D eigenvalue weighted by atomic mass is 19.3. The summed E-state index contributed by atoms with van der Waals surface area (Å²) in [6, 6.07) is 0. The van der Waals surface area contributed by atoms with Crippen molar-refractivity contribution in [2.24, 2.45) is 17.8 Å². The predicted molar refractivity (Wildman–Crippen MR) is 30.3 cm³/mol.